The average Bonchev–Trinajstić information content (AvgIpc) is 2.35. The minimum absolute atomic E-state index is 0.332. The molecule has 2 nitrogen and oxygen atoms in total. The number of ether oxygens (including phenoxy) is 1. The number of carbonyl (C=O) groups is 1. The molecule has 0 radical (unpaired) electrons. The molecular formula is C13H14Cl2O2. The highest BCUT2D eigenvalue weighted by atomic mass is 35.5. The molecular weight excluding hydrogens is 259 g/mol. The van der Waals surface area contributed by atoms with Gasteiger partial charge in [-0.15, -0.1) is 6.58 Å². The predicted octanol–water partition coefficient (Wildman–Crippen LogP) is 4.04. The molecule has 1 rings (SSSR count). The summed E-state index contributed by atoms with van der Waals surface area (Å²) in [5.74, 6) is -0.619. The van der Waals surface area contributed by atoms with Gasteiger partial charge in [-0.3, -0.25) is 0 Å². The van der Waals surface area contributed by atoms with Gasteiger partial charge < -0.3 is 4.74 Å². The highest BCUT2D eigenvalue weighted by molar-refractivity contribution is 6.52. The van der Waals surface area contributed by atoms with Crippen LogP contribution in [0.25, 0.3) is 0 Å². The summed E-state index contributed by atoms with van der Waals surface area (Å²) < 4.78 is 5.25. The molecule has 0 N–H and O–H groups in total. The van der Waals surface area contributed by atoms with Crippen molar-refractivity contribution in [1.82, 2.24) is 0 Å². The quantitative estimate of drug-likeness (QED) is 0.444. The van der Waals surface area contributed by atoms with Crippen molar-refractivity contribution in [3.05, 3.63) is 48.6 Å². The molecule has 1 atom stereocenters. The summed E-state index contributed by atoms with van der Waals surface area (Å²) in [5.41, 5.74) is 0.927. The molecule has 0 spiro atoms. The lowest BCUT2D eigenvalue weighted by atomic mass is 10.0. The molecule has 0 aromatic heterocycles. The van der Waals surface area contributed by atoms with Crippen LogP contribution in [0.1, 0.15) is 24.5 Å². The minimum Gasteiger partial charge on any atom is -0.455 e. The number of alkyl halides is 2. The number of carbonyl (C=O) groups excluding carboxylic acids is 1. The van der Waals surface area contributed by atoms with Gasteiger partial charge in [0.05, 0.1) is 0 Å². The van der Waals surface area contributed by atoms with Gasteiger partial charge in [0.2, 0.25) is 4.84 Å². The van der Waals surface area contributed by atoms with Gasteiger partial charge in [0.15, 0.2) is 0 Å². The van der Waals surface area contributed by atoms with Gasteiger partial charge in [-0.2, -0.15) is 0 Å². The molecule has 1 aromatic rings. The molecule has 0 bridgehead atoms. The summed E-state index contributed by atoms with van der Waals surface area (Å²) in [7, 11) is 0. The molecule has 0 saturated heterocycles. The van der Waals surface area contributed by atoms with E-state index in [1.54, 1.807) is 6.08 Å². The van der Waals surface area contributed by atoms with Crippen molar-refractivity contribution in [3.8, 4) is 0 Å². The molecule has 1 aromatic carbocycles. The summed E-state index contributed by atoms with van der Waals surface area (Å²) in [6, 6.07) is 9.49. The van der Waals surface area contributed by atoms with Gasteiger partial charge >= 0.3 is 5.97 Å². The van der Waals surface area contributed by atoms with Crippen molar-refractivity contribution in [3.63, 3.8) is 0 Å². The Hall–Kier alpha value is -0.990. The van der Waals surface area contributed by atoms with Gasteiger partial charge in [-0.05, 0) is 18.4 Å². The van der Waals surface area contributed by atoms with Crippen LogP contribution < -0.4 is 0 Å². The number of allylic oxidation sites excluding steroid dienone is 1. The number of rotatable bonds is 6. The van der Waals surface area contributed by atoms with Crippen molar-refractivity contribution >= 4 is 29.2 Å². The van der Waals surface area contributed by atoms with Gasteiger partial charge in [0, 0.05) is 0 Å². The largest absolute Gasteiger partial charge is 0.455 e. The first kappa shape index (κ1) is 14.1. The Morgan fingerprint density at radius 1 is 1.35 bits per heavy atom. The van der Waals surface area contributed by atoms with E-state index in [1.165, 1.54) is 0 Å². The standard InChI is InChI=1S/C13H14Cl2O2/c1-2-3-9-11(17-13(16)12(14)15)10-7-5-4-6-8-10/h2,4-8,11-12H,1,3,9H2. The maximum absolute atomic E-state index is 11.4. The fourth-order valence-electron chi connectivity index (χ4n) is 1.42. The van der Waals surface area contributed by atoms with Gasteiger partial charge in [0.1, 0.15) is 6.10 Å². The van der Waals surface area contributed by atoms with Crippen LogP contribution in [0.2, 0.25) is 0 Å². The van der Waals surface area contributed by atoms with E-state index in [1.807, 2.05) is 30.3 Å². The van der Waals surface area contributed by atoms with E-state index in [-0.39, 0.29) is 6.10 Å². The normalized spacial score (nSPS) is 12.2. The Balaban J connectivity index is 2.73. The second-order valence-electron chi connectivity index (χ2n) is 3.50. The van der Waals surface area contributed by atoms with E-state index >= 15 is 0 Å². The van der Waals surface area contributed by atoms with Crippen LogP contribution in [0.15, 0.2) is 43.0 Å². The van der Waals surface area contributed by atoms with Crippen LogP contribution in [-0.4, -0.2) is 10.8 Å². The first-order valence-electron chi connectivity index (χ1n) is 5.29. The lowest BCUT2D eigenvalue weighted by Gasteiger charge is -2.18. The van der Waals surface area contributed by atoms with Crippen molar-refractivity contribution in [2.45, 2.75) is 23.8 Å². The molecule has 0 aliphatic rings. The summed E-state index contributed by atoms with van der Waals surface area (Å²) >= 11 is 10.9. The van der Waals surface area contributed by atoms with Crippen molar-refractivity contribution in [1.29, 1.82) is 0 Å². The van der Waals surface area contributed by atoms with E-state index in [9.17, 15) is 4.79 Å². The molecule has 0 saturated carbocycles. The molecule has 0 amide bonds. The molecule has 92 valence electrons. The fourth-order valence-corrected chi connectivity index (χ4v) is 1.53. The van der Waals surface area contributed by atoms with Crippen molar-refractivity contribution in [2.24, 2.45) is 0 Å². The van der Waals surface area contributed by atoms with Gasteiger partial charge in [-0.25, -0.2) is 4.79 Å². The zero-order chi connectivity index (χ0) is 12.7. The Labute approximate surface area is 111 Å². The number of esters is 1. The number of hydrogen-bond acceptors (Lipinski definition) is 2. The van der Waals surface area contributed by atoms with Crippen molar-refractivity contribution < 1.29 is 9.53 Å². The van der Waals surface area contributed by atoms with Gasteiger partial charge in [0.25, 0.3) is 0 Å². The van der Waals surface area contributed by atoms with E-state index in [0.29, 0.717) is 6.42 Å². The Bertz CT molecular complexity index is 363. The van der Waals surface area contributed by atoms with Crippen LogP contribution in [0.4, 0.5) is 0 Å². The summed E-state index contributed by atoms with van der Waals surface area (Å²) in [6.07, 6.45) is 2.87. The van der Waals surface area contributed by atoms with Crippen molar-refractivity contribution in [2.75, 3.05) is 0 Å². The first-order valence-corrected chi connectivity index (χ1v) is 6.17. The lowest BCUT2D eigenvalue weighted by molar-refractivity contribution is -0.147. The topological polar surface area (TPSA) is 26.3 Å². The van der Waals surface area contributed by atoms with Crippen LogP contribution in [-0.2, 0) is 9.53 Å². The first-order chi connectivity index (χ1) is 8.15. The van der Waals surface area contributed by atoms with E-state index in [4.69, 9.17) is 27.9 Å². The monoisotopic (exact) mass is 272 g/mol. The van der Waals surface area contributed by atoms with Crippen LogP contribution in [0, 0.1) is 0 Å². The molecule has 0 aliphatic carbocycles. The zero-order valence-electron chi connectivity index (χ0n) is 9.31. The summed E-state index contributed by atoms with van der Waals surface area (Å²) in [4.78, 5) is 10.2. The predicted molar refractivity (Wildman–Crippen MR) is 70.2 cm³/mol. The highest BCUT2D eigenvalue weighted by Crippen LogP contribution is 2.24. The lowest BCUT2D eigenvalue weighted by Crippen LogP contribution is -2.16. The SMILES string of the molecule is C=CCCC(OC(=O)C(Cl)Cl)c1ccccc1. The third kappa shape index (κ3) is 4.80. The van der Waals surface area contributed by atoms with E-state index in [2.05, 4.69) is 6.58 Å². The molecule has 4 heteroatoms. The fraction of sp³-hybridized carbons (Fsp3) is 0.308. The zero-order valence-corrected chi connectivity index (χ0v) is 10.8. The number of hydrogen-bond donors (Lipinski definition) is 0. The van der Waals surface area contributed by atoms with Crippen LogP contribution in [0.3, 0.4) is 0 Å². The third-order valence-electron chi connectivity index (χ3n) is 2.24. The third-order valence-corrected chi connectivity index (χ3v) is 2.60. The maximum atomic E-state index is 11.4. The van der Waals surface area contributed by atoms with Crippen LogP contribution in [0.5, 0.6) is 0 Å². The maximum Gasteiger partial charge on any atom is 0.340 e. The van der Waals surface area contributed by atoms with E-state index < -0.39 is 10.8 Å². The second kappa shape index (κ2) is 7.36. The Morgan fingerprint density at radius 3 is 2.53 bits per heavy atom. The van der Waals surface area contributed by atoms with E-state index in [0.717, 1.165) is 12.0 Å². The number of halogens is 2. The summed E-state index contributed by atoms with van der Waals surface area (Å²) in [5, 5.41) is 0. The molecule has 0 heterocycles. The molecule has 17 heavy (non-hydrogen) atoms. The highest BCUT2D eigenvalue weighted by Gasteiger charge is 2.20. The molecule has 1 unspecified atom stereocenters. The van der Waals surface area contributed by atoms with Crippen LogP contribution >= 0.6 is 23.2 Å². The molecule has 0 aliphatic heterocycles. The minimum atomic E-state index is -1.15. The summed E-state index contributed by atoms with van der Waals surface area (Å²) in [6.45, 7) is 3.65. The van der Waals surface area contributed by atoms with Gasteiger partial charge in [-0.1, -0.05) is 59.6 Å². The molecule has 0 fully saturated rings. The Kier molecular flexibility index (Phi) is 6.09. The second-order valence-corrected chi connectivity index (χ2v) is 4.60. The Morgan fingerprint density at radius 2 is 2.00 bits per heavy atom. The smallest absolute Gasteiger partial charge is 0.340 e. The average molecular weight is 273 g/mol. The number of benzene rings is 1.